The van der Waals surface area contributed by atoms with E-state index in [1.807, 2.05) is 13.8 Å². The van der Waals surface area contributed by atoms with Crippen molar-refractivity contribution < 1.29 is 9.47 Å². The van der Waals surface area contributed by atoms with Crippen LogP contribution in [-0.2, 0) is 4.74 Å². The molecule has 0 aliphatic heterocycles. The Bertz CT molecular complexity index is 360. The largest absolute Gasteiger partial charge is 0.476 e. The van der Waals surface area contributed by atoms with E-state index in [9.17, 15) is 0 Å². The predicted octanol–water partition coefficient (Wildman–Crippen LogP) is 1.68. The lowest BCUT2D eigenvalue weighted by molar-refractivity contribution is 0.191. The Morgan fingerprint density at radius 3 is 2.83 bits per heavy atom. The number of nitrogen functional groups attached to an aromatic ring is 1. The molecule has 1 atom stereocenters. The summed E-state index contributed by atoms with van der Waals surface area (Å²) in [4.78, 5) is 8.15. The molecule has 0 aromatic carbocycles. The predicted molar refractivity (Wildman–Crippen MR) is 71.8 cm³/mol. The molecule has 1 heterocycles. The van der Waals surface area contributed by atoms with Crippen LogP contribution in [-0.4, -0.2) is 36.3 Å². The van der Waals surface area contributed by atoms with Crippen LogP contribution in [0.4, 0.5) is 11.5 Å². The van der Waals surface area contributed by atoms with Crippen molar-refractivity contribution in [3.8, 4) is 5.88 Å². The molecule has 3 N–H and O–H groups in total. The molecule has 0 bridgehead atoms. The normalized spacial score (nSPS) is 12.2. The molecule has 0 aliphatic carbocycles. The van der Waals surface area contributed by atoms with E-state index >= 15 is 0 Å². The van der Waals surface area contributed by atoms with E-state index in [-0.39, 0.29) is 6.04 Å². The zero-order valence-corrected chi connectivity index (χ0v) is 11.3. The number of hydrogen-bond acceptors (Lipinski definition) is 6. The Kier molecular flexibility index (Phi) is 6.21. The van der Waals surface area contributed by atoms with Crippen molar-refractivity contribution >= 4 is 11.5 Å². The standard InChI is InChI=1S/C12H22N4O2/c1-4-6-18-12-10(13)11(14-8-15-12)16-9(2)5-7-17-3/h8-9H,4-7,13H2,1-3H3,(H,14,15,16). The molecule has 6 heteroatoms. The molecule has 1 unspecified atom stereocenters. The monoisotopic (exact) mass is 254 g/mol. The number of anilines is 2. The van der Waals surface area contributed by atoms with E-state index in [0.29, 0.717) is 30.6 Å². The Morgan fingerprint density at radius 1 is 1.39 bits per heavy atom. The highest BCUT2D eigenvalue weighted by Gasteiger charge is 2.11. The molecule has 102 valence electrons. The molecule has 0 aliphatic rings. The molecular weight excluding hydrogens is 232 g/mol. The lowest BCUT2D eigenvalue weighted by atomic mass is 10.2. The molecule has 0 spiro atoms. The van der Waals surface area contributed by atoms with Gasteiger partial charge in [0.1, 0.15) is 12.0 Å². The number of nitrogens with zero attached hydrogens (tertiary/aromatic N) is 2. The maximum atomic E-state index is 5.96. The number of aromatic nitrogens is 2. The lowest BCUT2D eigenvalue weighted by Gasteiger charge is -2.16. The highest BCUT2D eigenvalue weighted by molar-refractivity contribution is 5.66. The summed E-state index contributed by atoms with van der Waals surface area (Å²) in [7, 11) is 1.68. The summed E-state index contributed by atoms with van der Waals surface area (Å²) in [6.45, 7) is 5.37. The number of nitrogens with one attached hydrogen (secondary N) is 1. The van der Waals surface area contributed by atoms with Crippen molar-refractivity contribution in [2.24, 2.45) is 0 Å². The molecule has 0 saturated carbocycles. The first-order valence-electron chi connectivity index (χ1n) is 6.17. The second-order valence-corrected chi connectivity index (χ2v) is 4.12. The molecule has 18 heavy (non-hydrogen) atoms. The molecule has 0 saturated heterocycles. The number of ether oxygens (including phenoxy) is 2. The quantitative estimate of drug-likeness (QED) is 0.734. The van der Waals surface area contributed by atoms with Crippen molar-refractivity contribution in [1.82, 2.24) is 9.97 Å². The average molecular weight is 254 g/mol. The van der Waals surface area contributed by atoms with Gasteiger partial charge in [-0.1, -0.05) is 6.92 Å². The Morgan fingerprint density at radius 2 is 2.17 bits per heavy atom. The van der Waals surface area contributed by atoms with Gasteiger partial charge in [0, 0.05) is 19.8 Å². The van der Waals surface area contributed by atoms with Gasteiger partial charge in [-0.15, -0.1) is 0 Å². The van der Waals surface area contributed by atoms with Crippen molar-refractivity contribution in [1.29, 1.82) is 0 Å². The van der Waals surface area contributed by atoms with Crippen LogP contribution < -0.4 is 15.8 Å². The average Bonchev–Trinajstić information content (AvgIpc) is 2.37. The molecule has 1 aromatic heterocycles. The van der Waals surface area contributed by atoms with Crippen LogP contribution in [0, 0.1) is 0 Å². The summed E-state index contributed by atoms with van der Waals surface area (Å²) in [5.74, 6) is 1.05. The third-order valence-corrected chi connectivity index (χ3v) is 2.43. The van der Waals surface area contributed by atoms with Gasteiger partial charge in [-0.25, -0.2) is 4.98 Å². The highest BCUT2D eigenvalue weighted by Crippen LogP contribution is 2.25. The van der Waals surface area contributed by atoms with E-state index < -0.39 is 0 Å². The minimum Gasteiger partial charge on any atom is -0.476 e. The second kappa shape index (κ2) is 7.71. The number of hydrogen-bond donors (Lipinski definition) is 2. The maximum absolute atomic E-state index is 5.96. The van der Waals surface area contributed by atoms with E-state index in [1.54, 1.807) is 7.11 Å². The van der Waals surface area contributed by atoms with E-state index in [2.05, 4.69) is 15.3 Å². The number of rotatable bonds is 8. The van der Waals surface area contributed by atoms with Gasteiger partial charge in [0.05, 0.1) is 6.61 Å². The Labute approximate surface area is 108 Å². The van der Waals surface area contributed by atoms with Crippen LogP contribution in [0.15, 0.2) is 6.33 Å². The fourth-order valence-corrected chi connectivity index (χ4v) is 1.41. The van der Waals surface area contributed by atoms with Crippen LogP contribution in [0.2, 0.25) is 0 Å². The summed E-state index contributed by atoms with van der Waals surface area (Å²) >= 11 is 0. The zero-order valence-electron chi connectivity index (χ0n) is 11.3. The van der Waals surface area contributed by atoms with Gasteiger partial charge in [-0.2, -0.15) is 4.98 Å². The van der Waals surface area contributed by atoms with Crippen LogP contribution in [0.3, 0.4) is 0 Å². The summed E-state index contributed by atoms with van der Waals surface area (Å²) in [5.41, 5.74) is 6.41. The van der Waals surface area contributed by atoms with Gasteiger partial charge in [0.25, 0.3) is 0 Å². The number of methoxy groups -OCH3 is 1. The molecule has 0 amide bonds. The fourth-order valence-electron chi connectivity index (χ4n) is 1.41. The molecule has 1 rings (SSSR count). The van der Waals surface area contributed by atoms with Crippen molar-refractivity contribution in [2.45, 2.75) is 32.7 Å². The molecule has 6 nitrogen and oxygen atoms in total. The van der Waals surface area contributed by atoms with Crippen LogP contribution >= 0.6 is 0 Å². The Balaban J connectivity index is 2.64. The maximum Gasteiger partial charge on any atom is 0.242 e. The van der Waals surface area contributed by atoms with Crippen molar-refractivity contribution in [3.05, 3.63) is 6.33 Å². The summed E-state index contributed by atoms with van der Waals surface area (Å²) in [6.07, 6.45) is 3.24. The second-order valence-electron chi connectivity index (χ2n) is 4.12. The van der Waals surface area contributed by atoms with Crippen molar-refractivity contribution in [3.63, 3.8) is 0 Å². The smallest absolute Gasteiger partial charge is 0.242 e. The van der Waals surface area contributed by atoms with Gasteiger partial charge < -0.3 is 20.5 Å². The van der Waals surface area contributed by atoms with Crippen LogP contribution in [0.1, 0.15) is 26.7 Å². The lowest BCUT2D eigenvalue weighted by Crippen LogP contribution is -2.19. The fraction of sp³-hybridized carbons (Fsp3) is 0.667. The minimum absolute atomic E-state index is 0.223. The number of nitrogens with two attached hydrogens (primary N) is 1. The van der Waals surface area contributed by atoms with Crippen LogP contribution in [0.5, 0.6) is 5.88 Å². The Hall–Kier alpha value is -1.56. The summed E-state index contributed by atoms with van der Waals surface area (Å²) < 4.78 is 10.5. The summed E-state index contributed by atoms with van der Waals surface area (Å²) in [6, 6.07) is 0.223. The summed E-state index contributed by atoms with van der Waals surface area (Å²) in [5, 5.41) is 3.23. The van der Waals surface area contributed by atoms with Gasteiger partial charge in [-0.3, -0.25) is 0 Å². The minimum atomic E-state index is 0.223. The first-order valence-corrected chi connectivity index (χ1v) is 6.17. The van der Waals surface area contributed by atoms with E-state index in [4.69, 9.17) is 15.2 Å². The third kappa shape index (κ3) is 4.37. The van der Waals surface area contributed by atoms with E-state index in [1.165, 1.54) is 6.33 Å². The van der Waals surface area contributed by atoms with E-state index in [0.717, 1.165) is 12.8 Å². The molecule has 0 radical (unpaired) electrons. The SMILES string of the molecule is CCCOc1ncnc(NC(C)CCOC)c1N. The molecule has 1 aromatic rings. The topological polar surface area (TPSA) is 82.3 Å². The first kappa shape index (κ1) is 14.5. The molecule has 0 fully saturated rings. The third-order valence-electron chi connectivity index (χ3n) is 2.43. The van der Waals surface area contributed by atoms with Crippen LogP contribution in [0.25, 0.3) is 0 Å². The van der Waals surface area contributed by atoms with Gasteiger partial charge in [0.2, 0.25) is 5.88 Å². The van der Waals surface area contributed by atoms with Crippen molar-refractivity contribution in [2.75, 3.05) is 31.4 Å². The zero-order chi connectivity index (χ0) is 13.4. The molecular formula is C12H22N4O2. The first-order chi connectivity index (χ1) is 8.69. The van der Waals surface area contributed by atoms with Gasteiger partial charge >= 0.3 is 0 Å². The van der Waals surface area contributed by atoms with Gasteiger partial charge in [0.15, 0.2) is 5.82 Å². The highest BCUT2D eigenvalue weighted by atomic mass is 16.5. The van der Waals surface area contributed by atoms with Gasteiger partial charge in [-0.05, 0) is 19.8 Å².